The molecule has 2 heterocycles. The molecule has 0 spiro atoms. The van der Waals surface area contributed by atoms with E-state index in [9.17, 15) is 4.79 Å². The van der Waals surface area contributed by atoms with Crippen LogP contribution in [-0.2, 0) is 4.74 Å². The number of aromatic nitrogens is 1. The number of pyridine rings is 1. The Morgan fingerprint density at radius 2 is 2.37 bits per heavy atom. The van der Waals surface area contributed by atoms with Gasteiger partial charge in [-0.05, 0) is 32.5 Å². The van der Waals surface area contributed by atoms with Gasteiger partial charge in [-0.2, -0.15) is 0 Å². The Labute approximate surface area is 113 Å². The number of esters is 1. The van der Waals surface area contributed by atoms with E-state index in [0.717, 1.165) is 13.0 Å². The first-order valence-electron chi connectivity index (χ1n) is 6.58. The number of hydrogen-bond donors (Lipinski definition) is 0. The highest BCUT2D eigenvalue weighted by molar-refractivity contribution is 5.89. The Morgan fingerprint density at radius 1 is 1.53 bits per heavy atom. The fourth-order valence-electron chi connectivity index (χ4n) is 2.27. The molecule has 0 radical (unpaired) electrons. The van der Waals surface area contributed by atoms with Gasteiger partial charge in [0.25, 0.3) is 0 Å². The summed E-state index contributed by atoms with van der Waals surface area (Å²) in [6.07, 6.45) is 5.20. The monoisotopic (exact) mass is 264 g/mol. The largest absolute Gasteiger partial charge is 0.476 e. The molecule has 1 aromatic heterocycles. The number of hydrogen-bond acceptors (Lipinski definition) is 5. The van der Waals surface area contributed by atoms with Gasteiger partial charge in [0.2, 0.25) is 5.88 Å². The molecule has 104 valence electrons. The van der Waals surface area contributed by atoms with Crippen LogP contribution in [0.2, 0.25) is 0 Å². The number of methoxy groups -OCH3 is 1. The van der Waals surface area contributed by atoms with Crippen LogP contribution in [0.5, 0.6) is 5.88 Å². The van der Waals surface area contributed by atoms with Crippen LogP contribution in [0.4, 0.5) is 0 Å². The quantitative estimate of drug-likeness (QED) is 0.775. The van der Waals surface area contributed by atoms with Gasteiger partial charge in [-0.1, -0.05) is 6.42 Å². The molecule has 1 fully saturated rings. The Bertz CT molecular complexity index is 436. The van der Waals surface area contributed by atoms with E-state index in [4.69, 9.17) is 4.74 Å². The smallest absolute Gasteiger partial charge is 0.338 e. The van der Waals surface area contributed by atoms with Gasteiger partial charge in [0.05, 0.1) is 12.7 Å². The Balaban J connectivity index is 1.93. The van der Waals surface area contributed by atoms with Crippen molar-refractivity contribution in [1.29, 1.82) is 0 Å². The summed E-state index contributed by atoms with van der Waals surface area (Å²) < 4.78 is 10.4. The lowest BCUT2D eigenvalue weighted by Gasteiger charge is -2.31. The highest BCUT2D eigenvalue weighted by atomic mass is 16.5. The molecule has 0 saturated carbocycles. The van der Waals surface area contributed by atoms with Gasteiger partial charge in [-0.3, -0.25) is 0 Å². The standard InChI is InChI=1S/C14H20N2O3/c1-16-8-4-3-5-12(16)10-19-13-9-11(6-7-15-13)14(17)18-2/h6-7,9,12H,3-5,8,10H2,1-2H3. The summed E-state index contributed by atoms with van der Waals surface area (Å²) in [6.45, 7) is 1.72. The third-order valence-electron chi connectivity index (χ3n) is 3.50. The van der Waals surface area contributed by atoms with E-state index in [1.54, 1.807) is 18.3 Å². The Hall–Kier alpha value is -1.62. The van der Waals surface area contributed by atoms with Crippen LogP contribution in [-0.4, -0.2) is 49.2 Å². The van der Waals surface area contributed by atoms with Crippen LogP contribution in [0.15, 0.2) is 18.3 Å². The Morgan fingerprint density at radius 3 is 3.11 bits per heavy atom. The van der Waals surface area contributed by atoms with E-state index in [1.807, 2.05) is 0 Å². The average Bonchev–Trinajstić information content (AvgIpc) is 2.46. The first-order valence-corrected chi connectivity index (χ1v) is 6.58. The molecule has 0 amide bonds. The second-order valence-electron chi connectivity index (χ2n) is 4.82. The number of ether oxygens (including phenoxy) is 2. The second-order valence-corrected chi connectivity index (χ2v) is 4.82. The van der Waals surface area contributed by atoms with Gasteiger partial charge >= 0.3 is 5.97 Å². The number of carbonyl (C=O) groups is 1. The summed E-state index contributed by atoms with van der Waals surface area (Å²) >= 11 is 0. The van der Waals surface area contributed by atoms with Gasteiger partial charge in [0.15, 0.2) is 0 Å². The molecule has 5 nitrogen and oxygen atoms in total. The van der Waals surface area contributed by atoms with Crippen molar-refractivity contribution in [3.8, 4) is 5.88 Å². The second kappa shape index (κ2) is 6.52. The van der Waals surface area contributed by atoms with Crippen LogP contribution in [0.1, 0.15) is 29.6 Å². The maximum atomic E-state index is 11.4. The lowest BCUT2D eigenvalue weighted by Crippen LogP contribution is -2.40. The van der Waals surface area contributed by atoms with Crippen molar-refractivity contribution >= 4 is 5.97 Å². The third kappa shape index (κ3) is 3.67. The van der Waals surface area contributed by atoms with Gasteiger partial charge in [0, 0.05) is 18.3 Å². The molecule has 1 aromatic rings. The van der Waals surface area contributed by atoms with Crippen molar-refractivity contribution in [2.24, 2.45) is 0 Å². The number of rotatable bonds is 4. The predicted octanol–water partition coefficient (Wildman–Crippen LogP) is 1.73. The van der Waals surface area contributed by atoms with Gasteiger partial charge in [-0.15, -0.1) is 0 Å². The zero-order valence-electron chi connectivity index (χ0n) is 11.5. The summed E-state index contributed by atoms with van der Waals surface area (Å²) in [5.74, 6) is 0.101. The minimum atomic E-state index is -0.373. The van der Waals surface area contributed by atoms with Crippen molar-refractivity contribution < 1.29 is 14.3 Å². The van der Waals surface area contributed by atoms with Crippen molar-refractivity contribution in [1.82, 2.24) is 9.88 Å². The van der Waals surface area contributed by atoms with E-state index in [2.05, 4.69) is 21.7 Å². The molecule has 0 bridgehead atoms. The maximum absolute atomic E-state index is 11.4. The molecule has 2 rings (SSSR count). The molecular weight excluding hydrogens is 244 g/mol. The molecule has 0 aliphatic carbocycles. The Kier molecular flexibility index (Phi) is 4.74. The molecule has 1 unspecified atom stereocenters. The van der Waals surface area contributed by atoms with Crippen LogP contribution in [0.3, 0.4) is 0 Å². The maximum Gasteiger partial charge on any atom is 0.338 e. The average molecular weight is 264 g/mol. The first-order chi connectivity index (χ1) is 9.20. The molecule has 5 heteroatoms. The number of likely N-dealkylation sites (N-methyl/N-ethyl adjacent to an activating group) is 1. The molecular formula is C14H20N2O3. The number of carbonyl (C=O) groups excluding carboxylic acids is 1. The summed E-state index contributed by atoms with van der Waals surface area (Å²) in [6, 6.07) is 3.66. The van der Waals surface area contributed by atoms with E-state index in [0.29, 0.717) is 24.1 Å². The molecule has 0 N–H and O–H groups in total. The third-order valence-corrected chi connectivity index (χ3v) is 3.50. The zero-order valence-corrected chi connectivity index (χ0v) is 11.5. The fourth-order valence-corrected chi connectivity index (χ4v) is 2.27. The molecule has 1 saturated heterocycles. The van der Waals surface area contributed by atoms with Crippen LogP contribution in [0, 0.1) is 0 Å². The lowest BCUT2D eigenvalue weighted by molar-refractivity contribution is 0.0599. The van der Waals surface area contributed by atoms with E-state index in [-0.39, 0.29) is 5.97 Å². The summed E-state index contributed by atoms with van der Waals surface area (Å²) in [7, 11) is 3.48. The normalized spacial score (nSPS) is 20.0. The highest BCUT2D eigenvalue weighted by Gasteiger charge is 2.19. The van der Waals surface area contributed by atoms with E-state index < -0.39 is 0 Å². The van der Waals surface area contributed by atoms with Crippen molar-refractivity contribution in [2.45, 2.75) is 25.3 Å². The van der Waals surface area contributed by atoms with Crippen molar-refractivity contribution in [2.75, 3.05) is 27.3 Å². The van der Waals surface area contributed by atoms with Gasteiger partial charge in [-0.25, -0.2) is 9.78 Å². The van der Waals surface area contributed by atoms with Crippen LogP contribution >= 0.6 is 0 Å². The fraction of sp³-hybridized carbons (Fsp3) is 0.571. The first kappa shape index (κ1) is 13.8. The zero-order chi connectivity index (χ0) is 13.7. The summed E-state index contributed by atoms with van der Waals surface area (Å²) in [5.41, 5.74) is 0.462. The van der Waals surface area contributed by atoms with Crippen LogP contribution in [0.25, 0.3) is 0 Å². The molecule has 19 heavy (non-hydrogen) atoms. The summed E-state index contributed by atoms with van der Waals surface area (Å²) in [4.78, 5) is 17.8. The van der Waals surface area contributed by atoms with Gasteiger partial charge in [0.1, 0.15) is 6.61 Å². The SMILES string of the molecule is COC(=O)c1ccnc(OCC2CCCCN2C)c1. The van der Waals surface area contributed by atoms with E-state index in [1.165, 1.54) is 20.0 Å². The number of likely N-dealkylation sites (tertiary alicyclic amines) is 1. The van der Waals surface area contributed by atoms with Gasteiger partial charge < -0.3 is 14.4 Å². The minimum Gasteiger partial charge on any atom is -0.476 e. The molecule has 1 aliphatic rings. The molecule has 1 atom stereocenters. The van der Waals surface area contributed by atoms with E-state index >= 15 is 0 Å². The number of nitrogens with zero attached hydrogens (tertiary/aromatic N) is 2. The molecule has 0 aromatic carbocycles. The van der Waals surface area contributed by atoms with Crippen molar-refractivity contribution in [3.63, 3.8) is 0 Å². The highest BCUT2D eigenvalue weighted by Crippen LogP contribution is 2.17. The lowest BCUT2D eigenvalue weighted by atomic mass is 10.0. The predicted molar refractivity (Wildman–Crippen MR) is 71.3 cm³/mol. The molecule has 1 aliphatic heterocycles. The van der Waals surface area contributed by atoms with Crippen LogP contribution < -0.4 is 4.74 Å². The minimum absolute atomic E-state index is 0.373. The number of piperidine rings is 1. The summed E-state index contributed by atoms with van der Waals surface area (Å²) in [5, 5.41) is 0. The topological polar surface area (TPSA) is 51.7 Å². The van der Waals surface area contributed by atoms with Crippen molar-refractivity contribution in [3.05, 3.63) is 23.9 Å².